The molecule has 2 aliphatic heterocycles. The van der Waals surface area contributed by atoms with Gasteiger partial charge in [0, 0.05) is 10.9 Å². The molecule has 1 amide bonds. The van der Waals surface area contributed by atoms with Crippen molar-refractivity contribution in [3.8, 4) is 0 Å². The lowest BCUT2D eigenvalue weighted by Gasteiger charge is -2.48. The van der Waals surface area contributed by atoms with Gasteiger partial charge in [-0.3, -0.25) is 9.69 Å². The zero-order valence-electron chi connectivity index (χ0n) is 15.8. The first kappa shape index (κ1) is 17.5. The Morgan fingerprint density at radius 3 is 2.75 bits per heavy atom. The molecule has 1 aromatic heterocycles. The normalized spacial score (nSPS) is 25.4. The van der Waals surface area contributed by atoms with E-state index in [1.807, 2.05) is 36.4 Å². The fourth-order valence-electron chi connectivity index (χ4n) is 4.60. The first-order valence-corrected chi connectivity index (χ1v) is 10.1. The highest BCUT2D eigenvalue weighted by Gasteiger charge is 2.40. The summed E-state index contributed by atoms with van der Waals surface area (Å²) < 4.78 is 6.19. The number of nitrogens with zero attached hydrogens (tertiary/aromatic N) is 1. The third kappa shape index (κ3) is 3.21. The van der Waals surface area contributed by atoms with Crippen molar-refractivity contribution in [2.75, 3.05) is 13.2 Å². The van der Waals surface area contributed by atoms with Crippen LogP contribution in [-0.2, 0) is 4.74 Å². The van der Waals surface area contributed by atoms with E-state index in [2.05, 4.69) is 39.5 Å². The molecule has 3 aromatic rings. The molecule has 3 atom stereocenters. The first-order chi connectivity index (χ1) is 13.8. The van der Waals surface area contributed by atoms with E-state index in [1.165, 1.54) is 18.4 Å². The Morgan fingerprint density at radius 1 is 1.07 bits per heavy atom. The van der Waals surface area contributed by atoms with Gasteiger partial charge in [0.05, 0.1) is 18.7 Å². The van der Waals surface area contributed by atoms with Gasteiger partial charge in [-0.25, -0.2) is 0 Å². The van der Waals surface area contributed by atoms with Crippen LogP contribution in [-0.4, -0.2) is 41.2 Å². The smallest absolute Gasteiger partial charge is 0.269 e. The van der Waals surface area contributed by atoms with Crippen LogP contribution in [0.5, 0.6) is 0 Å². The molecule has 0 saturated carbocycles. The molecule has 2 aromatic carbocycles. The van der Waals surface area contributed by atoms with Crippen molar-refractivity contribution in [3.05, 3.63) is 71.9 Å². The van der Waals surface area contributed by atoms with Gasteiger partial charge in [-0.1, -0.05) is 55.0 Å². The Balaban J connectivity index is 1.35. The standard InChI is InChI=1S/C23H25N3O2/c27-22(19-14-17-10-4-5-11-18(17)24-19)25-23-20-12-6-7-13-26(20)21(15-28-23)16-8-2-1-3-9-16/h1-5,8-11,14,20-21,23-24H,6-7,12-13,15H2,(H,25,27). The molecule has 3 unspecified atom stereocenters. The quantitative estimate of drug-likeness (QED) is 0.731. The van der Waals surface area contributed by atoms with Crippen LogP contribution in [0, 0.1) is 0 Å². The number of hydrogen-bond acceptors (Lipinski definition) is 3. The highest BCUT2D eigenvalue weighted by molar-refractivity contribution is 5.98. The number of carbonyl (C=O) groups is 1. The van der Waals surface area contributed by atoms with Crippen LogP contribution in [0.25, 0.3) is 10.9 Å². The van der Waals surface area contributed by atoms with E-state index in [4.69, 9.17) is 4.74 Å². The van der Waals surface area contributed by atoms with Gasteiger partial charge in [-0.05, 0) is 37.1 Å². The van der Waals surface area contributed by atoms with Gasteiger partial charge in [0.15, 0.2) is 0 Å². The van der Waals surface area contributed by atoms with Crippen molar-refractivity contribution in [2.24, 2.45) is 0 Å². The maximum Gasteiger partial charge on any atom is 0.269 e. The lowest BCUT2D eigenvalue weighted by Crippen LogP contribution is -2.60. The maximum absolute atomic E-state index is 12.9. The molecular formula is C23H25N3O2. The van der Waals surface area contributed by atoms with Crippen LogP contribution in [0.4, 0.5) is 0 Å². The van der Waals surface area contributed by atoms with Gasteiger partial charge in [-0.2, -0.15) is 0 Å². The molecule has 0 bridgehead atoms. The number of para-hydroxylation sites is 1. The lowest BCUT2D eigenvalue weighted by molar-refractivity contribution is -0.125. The zero-order valence-corrected chi connectivity index (χ0v) is 15.8. The number of H-pyrrole nitrogens is 1. The molecule has 5 nitrogen and oxygen atoms in total. The van der Waals surface area contributed by atoms with E-state index < -0.39 is 0 Å². The van der Waals surface area contributed by atoms with Gasteiger partial charge in [-0.15, -0.1) is 0 Å². The molecule has 0 radical (unpaired) electrons. The molecule has 144 valence electrons. The lowest BCUT2D eigenvalue weighted by atomic mass is 9.93. The summed E-state index contributed by atoms with van der Waals surface area (Å²) >= 11 is 0. The van der Waals surface area contributed by atoms with Crippen LogP contribution in [0.3, 0.4) is 0 Å². The number of nitrogens with one attached hydrogen (secondary N) is 2. The number of piperidine rings is 1. The number of carbonyl (C=O) groups excluding carboxylic acids is 1. The van der Waals surface area contributed by atoms with Crippen LogP contribution >= 0.6 is 0 Å². The Hall–Kier alpha value is -2.63. The predicted octanol–water partition coefficient (Wildman–Crippen LogP) is 3.85. The molecule has 2 fully saturated rings. The number of rotatable bonds is 3. The van der Waals surface area contributed by atoms with Crippen LogP contribution < -0.4 is 5.32 Å². The van der Waals surface area contributed by atoms with Crippen LogP contribution in [0.1, 0.15) is 41.4 Å². The van der Waals surface area contributed by atoms with E-state index in [-0.39, 0.29) is 24.2 Å². The molecule has 3 heterocycles. The second-order valence-electron chi connectivity index (χ2n) is 7.73. The van der Waals surface area contributed by atoms with E-state index in [1.54, 1.807) is 0 Å². The molecular weight excluding hydrogens is 350 g/mol. The van der Waals surface area contributed by atoms with Crippen LogP contribution in [0.15, 0.2) is 60.7 Å². The molecule has 0 spiro atoms. The van der Waals surface area contributed by atoms with Crippen LogP contribution in [0.2, 0.25) is 0 Å². The van der Waals surface area contributed by atoms with Crippen molar-refractivity contribution in [1.29, 1.82) is 0 Å². The summed E-state index contributed by atoms with van der Waals surface area (Å²) in [6.45, 7) is 1.64. The summed E-state index contributed by atoms with van der Waals surface area (Å²) in [6, 6.07) is 20.9. The molecule has 5 heteroatoms. The molecule has 0 aliphatic carbocycles. The minimum atomic E-state index is -0.279. The second-order valence-corrected chi connectivity index (χ2v) is 7.73. The summed E-state index contributed by atoms with van der Waals surface area (Å²) in [5.41, 5.74) is 2.84. The monoisotopic (exact) mass is 375 g/mol. The fraction of sp³-hybridized carbons (Fsp3) is 0.348. The number of morpholine rings is 1. The summed E-state index contributed by atoms with van der Waals surface area (Å²) in [6.07, 6.45) is 3.13. The van der Waals surface area contributed by atoms with E-state index >= 15 is 0 Å². The SMILES string of the molecule is O=C(NC1OCC(c2ccccc2)N2CCCCC12)c1cc2ccccc2[nH]1. The third-order valence-electron chi connectivity index (χ3n) is 6.01. The van der Waals surface area contributed by atoms with E-state index in [0.717, 1.165) is 23.9 Å². The molecule has 2 saturated heterocycles. The fourth-order valence-corrected chi connectivity index (χ4v) is 4.60. The Morgan fingerprint density at radius 2 is 1.89 bits per heavy atom. The summed E-state index contributed by atoms with van der Waals surface area (Å²) in [7, 11) is 0. The molecule has 5 rings (SSSR count). The van der Waals surface area contributed by atoms with Gasteiger partial charge in [0.1, 0.15) is 11.9 Å². The first-order valence-electron chi connectivity index (χ1n) is 10.1. The summed E-state index contributed by atoms with van der Waals surface area (Å²) in [5.74, 6) is -0.107. The highest BCUT2D eigenvalue weighted by Crippen LogP contribution is 2.34. The van der Waals surface area contributed by atoms with Gasteiger partial charge in [0.25, 0.3) is 5.91 Å². The molecule has 2 N–H and O–H groups in total. The van der Waals surface area contributed by atoms with Crippen molar-refractivity contribution in [1.82, 2.24) is 15.2 Å². The number of ether oxygens (including phenoxy) is 1. The number of aromatic amines is 1. The second kappa shape index (κ2) is 7.41. The number of fused-ring (bicyclic) bond motifs is 2. The van der Waals surface area contributed by atoms with Crippen molar-refractivity contribution in [2.45, 2.75) is 37.6 Å². The Bertz CT molecular complexity index is 935. The minimum Gasteiger partial charge on any atom is -0.355 e. The Kier molecular flexibility index (Phi) is 4.63. The highest BCUT2D eigenvalue weighted by atomic mass is 16.5. The average molecular weight is 375 g/mol. The zero-order chi connectivity index (χ0) is 18.9. The van der Waals surface area contributed by atoms with E-state index in [0.29, 0.717) is 12.3 Å². The third-order valence-corrected chi connectivity index (χ3v) is 6.01. The van der Waals surface area contributed by atoms with Gasteiger partial charge in [0.2, 0.25) is 0 Å². The molecule has 28 heavy (non-hydrogen) atoms. The summed E-state index contributed by atoms with van der Waals surface area (Å²) in [4.78, 5) is 18.6. The largest absolute Gasteiger partial charge is 0.355 e. The number of hydrogen-bond donors (Lipinski definition) is 2. The van der Waals surface area contributed by atoms with Crippen molar-refractivity contribution >= 4 is 16.8 Å². The van der Waals surface area contributed by atoms with Crippen molar-refractivity contribution < 1.29 is 9.53 Å². The average Bonchev–Trinajstić information content (AvgIpc) is 3.19. The van der Waals surface area contributed by atoms with Gasteiger partial charge < -0.3 is 15.0 Å². The number of benzene rings is 2. The minimum absolute atomic E-state index is 0.107. The Labute approximate surface area is 164 Å². The topological polar surface area (TPSA) is 57.4 Å². The van der Waals surface area contributed by atoms with E-state index in [9.17, 15) is 4.79 Å². The summed E-state index contributed by atoms with van der Waals surface area (Å²) in [5, 5.41) is 4.18. The number of aromatic nitrogens is 1. The number of amides is 1. The predicted molar refractivity (Wildman–Crippen MR) is 109 cm³/mol. The maximum atomic E-state index is 12.9. The van der Waals surface area contributed by atoms with Crippen molar-refractivity contribution in [3.63, 3.8) is 0 Å². The molecule has 2 aliphatic rings. The van der Waals surface area contributed by atoms with Gasteiger partial charge >= 0.3 is 0 Å².